The van der Waals surface area contributed by atoms with Crippen molar-refractivity contribution in [3.05, 3.63) is 30.5 Å². The van der Waals surface area contributed by atoms with E-state index in [0.29, 0.717) is 11.7 Å². The van der Waals surface area contributed by atoms with E-state index in [1.165, 1.54) is 0 Å². The Hall–Kier alpha value is -1.81. The van der Waals surface area contributed by atoms with E-state index in [2.05, 4.69) is 42.2 Å². The van der Waals surface area contributed by atoms with Crippen LogP contribution in [0.15, 0.2) is 30.5 Å². The Balaban J connectivity index is 2.08. The topological polar surface area (TPSA) is 54.2 Å². The second-order valence-corrected chi connectivity index (χ2v) is 5.27. The zero-order valence-electron chi connectivity index (χ0n) is 12.6. The highest BCUT2D eigenvalue weighted by Gasteiger charge is 2.08. The van der Waals surface area contributed by atoms with Crippen molar-refractivity contribution < 1.29 is 0 Å². The lowest BCUT2D eigenvalue weighted by molar-refractivity contribution is 0.261. The van der Waals surface area contributed by atoms with Crippen LogP contribution in [0.5, 0.6) is 0 Å². The number of anilines is 2. The van der Waals surface area contributed by atoms with Gasteiger partial charge < -0.3 is 16.0 Å². The van der Waals surface area contributed by atoms with Gasteiger partial charge in [-0.25, -0.2) is 0 Å². The molecule has 1 aromatic heterocycles. The summed E-state index contributed by atoms with van der Waals surface area (Å²) in [6.07, 6.45) is 2.89. The Morgan fingerprint density at radius 1 is 1.35 bits per heavy atom. The van der Waals surface area contributed by atoms with E-state index in [4.69, 9.17) is 5.73 Å². The van der Waals surface area contributed by atoms with Gasteiger partial charge >= 0.3 is 0 Å². The van der Waals surface area contributed by atoms with Crippen LogP contribution in [0.1, 0.15) is 20.3 Å². The van der Waals surface area contributed by atoms with Crippen molar-refractivity contribution in [2.24, 2.45) is 0 Å². The standard InChI is InChI=1S/C16H24N4/c1-4-12(2)20(3)10-9-18-16-13-7-5-6-8-15(13)19-11-14(16)17/h5-8,11-12H,4,9-10,17H2,1-3H3,(H,18,19). The summed E-state index contributed by atoms with van der Waals surface area (Å²) < 4.78 is 0. The fourth-order valence-electron chi connectivity index (χ4n) is 2.24. The summed E-state index contributed by atoms with van der Waals surface area (Å²) in [4.78, 5) is 6.70. The first-order chi connectivity index (χ1) is 9.63. The maximum Gasteiger partial charge on any atom is 0.0743 e. The molecule has 1 heterocycles. The lowest BCUT2D eigenvalue weighted by Crippen LogP contribution is -2.32. The number of nitrogens with zero attached hydrogens (tertiary/aromatic N) is 2. The fourth-order valence-corrected chi connectivity index (χ4v) is 2.24. The van der Waals surface area contributed by atoms with Crippen molar-refractivity contribution in [3.63, 3.8) is 0 Å². The molecule has 0 radical (unpaired) electrons. The average molecular weight is 272 g/mol. The van der Waals surface area contributed by atoms with Crippen molar-refractivity contribution in [2.45, 2.75) is 26.3 Å². The Morgan fingerprint density at radius 2 is 2.10 bits per heavy atom. The number of para-hydroxylation sites is 1. The van der Waals surface area contributed by atoms with Crippen LogP contribution in [-0.4, -0.2) is 36.1 Å². The molecule has 1 atom stereocenters. The Kier molecular flexibility index (Phi) is 4.79. The Bertz CT molecular complexity index is 567. The average Bonchev–Trinajstić information content (AvgIpc) is 2.48. The van der Waals surface area contributed by atoms with Gasteiger partial charge in [-0.3, -0.25) is 4.98 Å². The van der Waals surface area contributed by atoms with E-state index in [1.54, 1.807) is 6.20 Å². The Labute approximate surface area is 121 Å². The van der Waals surface area contributed by atoms with E-state index in [-0.39, 0.29) is 0 Å². The molecule has 1 aromatic carbocycles. The SMILES string of the molecule is CCC(C)N(C)CCNc1c(N)cnc2ccccc12. The normalized spacial score (nSPS) is 12.8. The number of pyridine rings is 1. The maximum absolute atomic E-state index is 6.05. The monoisotopic (exact) mass is 272 g/mol. The van der Waals surface area contributed by atoms with E-state index in [0.717, 1.165) is 36.1 Å². The largest absolute Gasteiger partial charge is 0.396 e. The highest BCUT2D eigenvalue weighted by molar-refractivity contribution is 5.96. The van der Waals surface area contributed by atoms with Crippen LogP contribution in [0.4, 0.5) is 11.4 Å². The molecule has 2 rings (SSSR count). The first kappa shape index (κ1) is 14.6. The predicted molar refractivity (Wildman–Crippen MR) is 87.0 cm³/mol. The summed E-state index contributed by atoms with van der Waals surface area (Å²) in [5.74, 6) is 0. The van der Waals surface area contributed by atoms with Crippen molar-refractivity contribution >= 4 is 22.3 Å². The van der Waals surface area contributed by atoms with E-state index >= 15 is 0 Å². The molecule has 0 bridgehead atoms. The van der Waals surface area contributed by atoms with Crippen molar-refractivity contribution in [1.29, 1.82) is 0 Å². The minimum Gasteiger partial charge on any atom is -0.396 e. The molecule has 0 fully saturated rings. The number of nitrogens with two attached hydrogens (primary N) is 1. The molecular formula is C16H24N4. The van der Waals surface area contributed by atoms with Crippen molar-refractivity contribution in [1.82, 2.24) is 9.88 Å². The van der Waals surface area contributed by atoms with Gasteiger partial charge in [0.2, 0.25) is 0 Å². The summed E-state index contributed by atoms with van der Waals surface area (Å²) in [5.41, 5.74) is 8.72. The second-order valence-electron chi connectivity index (χ2n) is 5.27. The number of benzene rings is 1. The van der Waals surface area contributed by atoms with Crippen molar-refractivity contribution in [2.75, 3.05) is 31.2 Å². The smallest absolute Gasteiger partial charge is 0.0743 e. The molecule has 0 spiro atoms. The number of rotatable bonds is 6. The van der Waals surface area contributed by atoms with Gasteiger partial charge in [-0.15, -0.1) is 0 Å². The predicted octanol–water partition coefficient (Wildman–Crippen LogP) is 2.96. The molecule has 108 valence electrons. The third-order valence-electron chi connectivity index (χ3n) is 3.91. The minimum atomic E-state index is 0.600. The molecule has 3 N–H and O–H groups in total. The molecule has 2 aromatic rings. The summed E-state index contributed by atoms with van der Waals surface area (Å²) in [6, 6.07) is 8.67. The Morgan fingerprint density at radius 3 is 2.85 bits per heavy atom. The van der Waals surface area contributed by atoms with Gasteiger partial charge in [-0.05, 0) is 26.5 Å². The van der Waals surface area contributed by atoms with Crippen LogP contribution in [0.25, 0.3) is 10.9 Å². The van der Waals surface area contributed by atoms with E-state index in [9.17, 15) is 0 Å². The lowest BCUT2D eigenvalue weighted by atomic mass is 10.1. The molecule has 0 saturated heterocycles. The molecule has 0 aliphatic rings. The van der Waals surface area contributed by atoms with Crippen molar-refractivity contribution in [3.8, 4) is 0 Å². The first-order valence-corrected chi connectivity index (χ1v) is 7.20. The summed E-state index contributed by atoms with van der Waals surface area (Å²) in [5, 5.41) is 4.54. The first-order valence-electron chi connectivity index (χ1n) is 7.20. The molecule has 4 heteroatoms. The lowest BCUT2D eigenvalue weighted by Gasteiger charge is -2.24. The fraction of sp³-hybridized carbons (Fsp3) is 0.438. The van der Waals surface area contributed by atoms with Crippen LogP contribution < -0.4 is 11.1 Å². The quantitative estimate of drug-likeness (QED) is 0.849. The summed E-state index contributed by atoms with van der Waals surface area (Å²) >= 11 is 0. The van der Waals surface area contributed by atoms with Gasteiger partial charge in [-0.2, -0.15) is 0 Å². The number of nitrogens with one attached hydrogen (secondary N) is 1. The summed E-state index contributed by atoms with van der Waals surface area (Å²) in [7, 11) is 2.16. The molecule has 20 heavy (non-hydrogen) atoms. The molecule has 0 aliphatic heterocycles. The van der Waals surface area contributed by atoms with Gasteiger partial charge in [0, 0.05) is 24.5 Å². The van der Waals surface area contributed by atoms with Crippen LogP contribution in [0.3, 0.4) is 0 Å². The molecule has 0 aliphatic carbocycles. The molecule has 0 amide bonds. The van der Waals surface area contributed by atoms with E-state index < -0.39 is 0 Å². The molecule has 4 nitrogen and oxygen atoms in total. The molecule has 1 unspecified atom stereocenters. The number of fused-ring (bicyclic) bond motifs is 1. The number of hydrogen-bond donors (Lipinski definition) is 2. The van der Waals surface area contributed by atoms with Crippen LogP contribution in [0.2, 0.25) is 0 Å². The third-order valence-corrected chi connectivity index (χ3v) is 3.91. The maximum atomic E-state index is 6.05. The van der Waals surface area contributed by atoms with Gasteiger partial charge in [-0.1, -0.05) is 25.1 Å². The highest BCUT2D eigenvalue weighted by atomic mass is 15.1. The molecule has 0 saturated carbocycles. The molecular weight excluding hydrogens is 248 g/mol. The number of hydrogen-bond acceptors (Lipinski definition) is 4. The zero-order valence-corrected chi connectivity index (χ0v) is 12.6. The van der Waals surface area contributed by atoms with E-state index in [1.807, 2.05) is 18.2 Å². The van der Waals surface area contributed by atoms with Crippen LogP contribution in [0, 0.1) is 0 Å². The van der Waals surface area contributed by atoms with Gasteiger partial charge in [0.05, 0.1) is 23.1 Å². The van der Waals surface area contributed by atoms with Crippen LogP contribution in [-0.2, 0) is 0 Å². The van der Waals surface area contributed by atoms with Crippen LogP contribution >= 0.6 is 0 Å². The summed E-state index contributed by atoms with van der Waals surface area (Å²) in [6.45, 7) is 6.32. The third kappa shape index (κ3) is 3.20. The van der Waals surface area contributed by atoms with Gasteiger partial charge in [0.15, 0.2) is 0 Å². The number of nitrogen functional groups attached to an aromatic ring is 1. The minimum absolute atomic E-state index is 0.600. The number of likely N-dealkylation sites (N-methyl/N-ethyl adjacent to an activating group) is 1. The van der Waals surface area contributed by atoms with Gasteiger partial charge in [0.1, 0.15) is 0 Å². The highest BCUT2D eigenvalue weighted by Crippen LogP contribution is 2.27. The zero-order chi connectivity index (χ0) is 14.5. The number of aromatic nitrogens is 1. The van der Waals surface area contributed by atoms with Gasteiger partial charge in [0.25, 0.3) is 0 Å². The second kappa shape index (κ2) is 6.57.